The zero-order valence-corrected chi connectivity index (χ0v) is 20.3. The molecule has 34 heavy (non-hydrogen) atoms. The summed E-state index contributed by atoms with van der Waals surface area (Å²) in [6, 6.07) is 15.9. The molecule has 0 fully saturated rings. The molecule has 1 N–H and O–H groups in total. The highest BCUT2D eigenvalue weighted by Crippen LogP contribution is 2.46. The lowest BCUT2D eigenvalue weighted by Crippen LogP contribution is -2.37. The van der Waals surface area contributed by atoms with Crippen LogP contribution in [-0.2, 0) is 14.8 Å². The fourth-order valence-corrected chi connectivity index (χ4v) is 6.45. The number of anilines is 3. The number of sulfonamides is 1. The molecule has 2 unspecified atom stereocenters. The maximum atomic E-state index is 13.9. The van der Waals surface area contributed by atoms with Crippen molar-refractivity contribution >= 4 is 33.1 Å². The van der Waals surface area contributed by atoms with Crippen LogP contribution in [0.3, 0.4) is 0 Å². The second-order valence-corrected chi connectivity index (χ2v) is 10.7. The van der Waals surface area contributed by atoms with E-state index < -0.39 is 33.8 Å². The summed E-state index contributed by atoms with van der Waals surface area (Å²) in [5, 5.41) is 9.34. The first kappa shape index (κ1) is 23.8. The van der Waals surface area contributed by atoms with E-state index in [1.807, 2.05) is 25.8 Å². The maximum Gasteiger partial charge on any atom is 0.304 e. The first-order valence-electron chi connectivity index (χ1n) is 11.0. The second kappa shape index (κ2) is 8.76. The summed E-state index contributed by atoms with van der Waals surface area (Å²) in [7, 11) is -2.09. The molecule has 1 heterocycles. The van der Waals surface area contributed by atoms with Crippen LogP contribution in [0.5, 0.6) is 0 Å². The van der Waals surface area contributed by atoms with Crippen molar-refractivity contribution < 1.29 is 22.7 Å². The molecular formula is C26H27FN2O4S. The Bertz CT molecular complexity index is 1340. The molecule has 0 saturated carbocycles. The average Bonchev–Trinajstić information content (AvgIpc) is 3.03. The fraction of sp³-hybridized carbons (Fsp3) is 0.269. The number of carboxylic acid groups (broad SMARTS) is 1. The van der Waals surface area contributed by atoms with Gasteiger partial charge in [-0.1, -0.05) is 6.07 Å². The van der Waals surface area contributed by atoms with E-state index in [0.717, 1.165) is 22.5 Å². The van der Waals surface area contributed by atoms with Crippen molar-refractivity contribution in [2.75, 3.05) is 16.3 Å². The molecule has 0 amide bonds. The molecule has 0 aliphatic carbocycles. The van der Waals surface area contributed by atoms with Crippen LogP contribution in [-0.4, -0.2) is 32.6 Å². The predicted octanol–water partition coefficient (Wildman–Crippen LogP) is 5.37. The minimum absolute atomic E-state index is 0.0863. The van der Waals surface area contributed by atoms with E-state index in [0.29, 0.717) is 11.3 Å². The lowest BCUT2D eigenvalue weighted by molar-refractivity contribution is -0.137. The van der Waals surface area contributed by atoms with Crippen molar-refractivity contribution in [2.45, 2.75) is 44.0 Å². The number of carbonyl (C=O) groups is 1. The van der Waals surface area contributed by atoms with Crippen LogP contribution in [0.15, 0.2) is 65.6 Å². The number of benzene rings is 3. The molecule has 8 heteroatoms. The quantitative estimate of drug-likeness (QED) is 0.511. The Balaban J connectivity index is 1.69. The lowest BCUT2D eigenvalue weighted by atomic mass is 9.93. The van der Waals surface area contributed by atoms with Gasteiger partial charge in [0.25, 0.3) is 10.0 Å². The normalized spacial score (nSPS) is 17.5. The van der Waals surface area contributed by atoms with E-state index in [4.69, 9.17) is 0 Å². The van der Waals surface area contributed by atoms with E-state index in [-0.39, 0.29) is 11.3 Å². The molecule has 0 radical (unpaired) electrons. The van der Waals surface area contributed by atoms with Gasteiger partial charge in [0.2, 0.25) is 0 Å². The Morgan fingerprint density at radius 2 is 1.62 bits per heavy atom. The third kappa shape index (κ3) is 4.25. The number of hydrogen-bond donors (Lipinski definition) is 1. The van der Waals surface area contributed by atoms with Crippen LogP contribution in [0.1, 0.15) is 36.0 Å². The molecule has 178 valence electrons. The molecule has 0 bridgehead atoms. The number of fused-ring (bicyclic) bond motifs is 1. The number of hydrogen-bond acceptors (Lipinski definition) is 4. The van der Waals surface area contributed by atoms with Crippen molar-refractivity contribution in [1.82, 2.24) is 0 Å². The van der Waals surface area contributed by atoms with Crippen molar-refractivity contribution in [2.24, 2.45) is 0 Å². The number of nitrogens with zero attached hydrogens (tertiary/aromatic N) is 2. The van der Waals surface area contributed by atoms with E-state index in [1.165, 1.54) is 22.5 Å². The Morgan fingerprint density at radius 3 is 2.21 bits per heavy atom. The molecular weight excluding hydrogens is 455 g/mol. The van der Waals surface area contributed by atoms with Gasteiger partial charge in [-0.15, -0.1) is 0 Å². The van der Waals surface area contributed by atoms with Crippen LogP contribution in [0.25, 0.3) is 0 Å². The number of halogens is 1. The van der Waals surface area contributed by atoms with Gasteiger partial charge in [-0.25, -0.2) is 12.8 Å². The average molecular weight is 483 g/mol. The monoisotopic (exact) mass is 482 g/mol. The van der Waals surface area contributed by atoms with Crippen molar-refractivity contribution in [3.05, 3.63) is 83.2 Å². The lowest BCUT2D eigenvalue weighted by Gasteiger charge is -2.27. The number of aliphatic carboxylic acids is 1. The molecule has 6 nitrogen and oxygen atoms in total. The fourth-order valence-electron chi connectivity index (χ4n) is 4.73. The van der Waals surface area contributed by atoms with Crippen LogP contribution in [0.2, 0.25) is 0 Å². The highest BCUT2D eigenvalue weighted by Gasteiger charge is 2.43. The summed E-state index contributed by atoms with van der Waals surface area (Å²) >= 11 is 0. The minimum atomic E-state index is -4.00. The Kier molecular flexibility index (Phi) is 6.12. The van der Waals surface area contributed by atoms with Gasteiger partial charge in [0.15, 0.2) is 0 Å². The largest absolute Gasteiger partial charge is 0.481 e. The zero-order chi connectivity index (χ0) is 24.8. The SMILES string of the molecule is Cc1cc(C)cc(N(C)c2ccc(S(=O)(=O)N3c4ccc(F)cc4C(CC(=O)O)C3C)cc2)c1. The van der Waals surface area contributed by atoms with Gasteiger partial charge in [0, 0.05) is 24.3 Å². The van der Waals surface area contributed by atoms with Gasteiger partial charge in [-0.3, -0.25) is 9.10 Å². The number of rotatable bonds is 6. The summed E-state index contributed by atoms with van der Waals surface area (Å²) in [6.07, 6.45) is -0.288. The molecule has 0 saturated heterocycles. The van der Waals surface area contributed by atoms with Gasteiger partial charge in [-0.2, -0.15) is 0 Å². The standard InChI is InChI=1S/C26H27FN2O4S/c1-16-11-17(2)13-21(12-16)28(4)20-6-8-22(9-7-20)34(32,33)29-18(3)23(15-26(30)31)24-14-19(27)5-10-25(24)29/h5-14,18,23H,15H2,1-4H3,(H,30,31). The van der Waals surface area contributed by atoms with Gasteiger partial charge in [0.05, 0.1) is 23.0 Å². The van der Waals surface area contributed by atoms with Crippen molar-refractivity contribution in [1.29, 1.82) is 0 Å². The van der Waals surface area contributed by atoms with E-state index in [1.54, 1.807) is 31.2 Å². The molecule has 3 aromatic carbocycles. The molecule has 1 aliphatic rings. The van der Waals surface area contributed by atoms with Crippen molar-refractivity contribution in [3.8, 4) is 0 Å². The second-order valence-electron chi connectivity index (χ2n) is 8.85. The Hall–Kier alpha value is -3.39. The van der Waals surface area contributed by atoms with Gasteiger partial charge in [-0.05, 0) is 92.1 Å². The maximum absolute atomic E-state index is 13.9. The number of carboxylic acids is 1. The molecule has 4 rings (SSSR count). The summed E-state index contributed by atoms with van der Waals surface area (Å²) in [5.41, 5.74) is 4.80. The van der Waals surface area contributed by atoms with Gasteiger partial charge >= 0.3 is 5.97 Å². The Morgan fingerprint density at radius 1 is 1.00 bits per heavy atom. The molecule has 3 aromatic rings. The summed E-state index contributed by atoms with van der Waals surface area (Å²) in [6.45, 7) is 5.71. The van der Waals surface area contributed by atoms with Gasteiger partial charge < -0.3 is 10.0 Å². The van der Waals surface area contributed by atoms with Crippen LogP contribution >= 0.6 is 0 Å². The number of aryl methyl sites for hydroxylation is 2. The first-order chi connectivity index (χ1) is 16.0. The van der Waals surface area contributed by atoms with Crippen LogP contribution < -0.4 is 9.21 Å². The summed E-state index contributed by atoms with van der Waals surface area (Å²) in [5.74, 6) is -2.24. The molecule has 2 atom stereocenters. The van der Waals surface area contributed by atoms with Crippen LogP contribution in [0, 0.1) is 19.7 Å². The van der Waals surface area contributed by atoms with Crippen LogP contribution in [0.4, 0.5) is 21.5 Å². The zero-order valence-electron chi connectivity index (χ0n) is 19.5. The first-order valence-corrected chi connectivity index (χ1v) is 12.4. The molecule has 1 aliphatic heterocycles. The third-order valence-electron chi connectivity index (χ3n) is 6.35. The predicted molar refractivity (Wildman–Crippen MR) is 131 cm³/mol. The molecule has 0 spiro atoms. The topological polar surface area (TPSA) is 77.9 Å². The minimum Gasteiger partial charge on any atom is -0.481 e. The smallest absolute Gasteiger partial charge is 0.304 e. The highest BCUT2D eigenvalue weighted by molar-refractivity contribution is 7.92. The highest BCUT2D eigenvalue weighted by atomic mass is 32.2. The summed E-state index contributed by atoms with van der Waals surface area (Å²) in [4.78, 5) is 13.5. The summed E-state index contributed by atoms with van der Waals surface area (Å²) < 4.78 is 42.4. The third-order valence-corrected chi connectivity index (χ3v) is 8.26. The Labute approximate surface area is 199 Å². The van der Waals surface area contributed by atoms with E-state index in [9.17, 15) is 22.7 Å². The van der Waals surface area contributed by atoms with E-state index >= 15 is 0 Å². The van der Waals surface area contributed by atoms with E-state index in [2.05, 4.69) is 18.2 Å². The molecule has 0 aromatic heterocycles. The van der Waals surface area contributed by atoms with Gasteiger partial charge in [0.1, 0.15) is 5.82 Å². The van der Waals surface area contributed by atoms with Crippen molar-refractivity contribution in [3.63, 3.8) is 0 Å².